The summed E-state index contributed by atoms with van der Waals surface area (Å²) in [5.74, 6) is 4.76. The third kappa shape index (κ3) is 3.00. The number of aliphatic hydroxyl groups excluding tert-OH is 1. The van der Waals surface area contributed by atoms with Gasteiger partial charge in [-0.15, -0.1) is 11.3 Å². The third-order valence-electron chi connectivity index (χ3n) is 3.12. The van der Waals surface area contributed by atoms with Crippen LogP contribution in [0.5, 0.6) is 0 Å². The lowest BCUT2D eigenvalue weighted by molar-refractivity contribution is -0.145. The van der Waals surface area contributed by atoms with Crippen molar-refractivity contribution in [2.45, 2.75) is 18.9 Å². The van der Waals surface area contributed by atoms with Gasteiger partial charge in [0.1, 0.15) is 12.6 Å². The van der Waals surface area contributed by atoms with Gasteiger partial charge in [0, 0.05) is 11.9 Å². The minimum Gasteiger partial charge on any atom is -0.467 e. The largest absolute Gasteiger partial charge is 0.467 e. The molecule has 1 aromatic heterocycles. The Morgan fingerprint density at radius 2 is 2.40 bits per heavy atom. The first-order valence-electron chi connectivity index (χ1n) is 6.24. The predicted molar refractivity (Wildman–Crippen MR) is 74.4 cm³/mol. The van der Waals surface area contributed by atoms with Gasteiger partial charge >= 0.3 is 5.97 Å². The molecule has 1 fully saturated rings. The molecule has 0 radical (unpaired) electrons. The zero-order valence-corrected chi connectivity index (χ0v) is 11.9. The molecule has 0 aliphatic carbocycles. The van der Waals surface area contributed by atoms with Gasteiger partial charge in [0.15, 0.2) is 0 Å². The molecule has 20 heavy (non-hydrogen) atoms. The summed E-state index contributed by atoms with van der Waals surface area (Å²) in [6, 6.07) is 1.20. The van der Waals surface area contributed by atoms with Crippen LogP contribution in [0.1, 0.15) is 28.1 Å². The summed E-state index contributed by atoms with van der Waals surface area (Å²) >= 11 is 1.34. The maximum atomic E-state index is 12.4. The van der Waals surface area contributed by atoms with Crippen LogP contribution in [0.4, 0.5) is 0 Å². The van der Waals surface area contributed by atoms with Crippen LogP contribution in [0, 0.1) is 11.8 Å². The number of hydrogen-bond donors (Lipinski definition) is 1. The first-order chi connectivity index (χ1) is 9.67. The molecule has 1 N–H and O–H groups in total. The number of likely N-dealkylation sites (tertiary alicyclic amines) is 1. The van der Waals surface area contributed by atoms with E-state index < -0.39 is 6.04 Å². The van der Waals surface area contributed by atoms with Crippen molar-refractivity contribution in [3.8, 4) is 11.8 Å². The van der Waals surface area contributed by atoms with Gasteiger partial charge in [0.25, 0.3) is 5.91 Å². The predicted octanol–water partition coefficient (Wildman–Crippen LogP) is 0.869. The van der Waals surface area contributed by atoms with Crippen molar-refractivity contribution in [1.29, 1.82) is 0 Å². The summed E-state index contributed by atoms with van der Waals surface area (Å²) in [7, 11) is 1.33. The molecule has 0 spiro atoms. The van der Waals surface area contributed by atoms with E-state index in [1.807, 2.05) is 0 Å². The number of carbonyl (C=O) groups excluding carboxylic acids is 2. The van der Waals surface area contributed by atoms with Gasteiger partial charge in [0.05, 0.1) is 17.6 Å². The van der Waals surface area contributed by atoms with E-state index in [-0.39, 0.29) is 18.5 Å². The smallest absolute Gasteiger partial charge is 0.328 e. The zero-order valence-electron chi connectivity index (χ0n) is 11.1. The number of rotatable bonds is 2. The minimum absolute atomic E-state index is 0.175. The van der Waals surface area contributed by atoms with Crippen LogP contribution in [-0.2, 0) is 9.53 Å². The van der Waals surface area contributed by atoms with Crippen LogP contribution in [0.15, 0.2) is 11.4 Å². The molecule has 1 aromatic rings. The van der Waals surface area contributed by atoms with E-state index in [1.165, 1.54) is 18.4 Å². The lowest BCUT2D eigenvalue weighted by Crippen LogP contribution is -2.40. The number of hydrogen-bond acceptors (Lipinski definition) is 5. The number of aliphatic hydroxyl groups is 1. The second-order valence-corrected chi connectivity index (χ2v) is 5.25. The average Bonchev–Trinajstić information content (AvgIpc) is 3.12. The van der Waals surface area contributed by atoms with Crippen molar-refractivity contribution >= 4 is 23.2 Å². The van der Waals surface area contributed by atoms with E-state index in [1.54, 1.807) is 16.3 Å². The normalized spacial score (nSPS) is 17.5. The van der Waals surface area contributed by atoms with E-state index in [9.17, 15) is 9.59 Å². The number of carbonyl (C=O) groups is 2. The van der Waals surface area contributed by atoms with E-state index in [0.29, 0.717) is 18.5 Å². The average molecular weight is 293 g/mol. The summed E-state index contributed by atoms with van der Waals surface area (Å²) in [6.45, 7) is 0.351. The van der Waals surface area contributed by atoms with Gasteiger partial charge in [-0.25, -0.2) is 4.79 Å². The summed E-state index contributed by atoms with van der Waals surface area (Å²) in [5.41, 5.74) is 0.521. The van der Waals surface area contributed by atoms with Crippen molar-refractivity contribution < 1.29 is 19.4 Å². The highest BCUT2D eigenvalue weighted by molar-refractivity contribution is 7.10. The molecule has 2 heterocycles. The number of thiophene rings is 1. The van der Waals surface area contributed by atoms with Gasteiger partial charge in [-0.1, -0.05) is 11.8 Å². The highest BCUT2D eigenvalue weighted by atomic mass is 32.1. The Bertz CT molecular complexity index is 569. The van der Waals surface area contributed by atoms with Crippen molar-refractivity contribution in [2.24, 2.45) is 0 Å². The van der Waals surface area contributed by atoms with E-state index in [0.717, 1.165) is 11.3 Å². The van der Waals surface area contributed by atoms with E-state index >= 15 is 0 Å². The SMILES string of the molecule is COC(=O)C1CCCN1C(=O)c1csc(C#CCO)c1. The quantitative estimate of drug-likeness (QED) is 0.649. The highest BCUT2D eigenvalue weighted by Crippen LogP contribution is 2.23. The molecule has 1 amide bonds. The topological polar surface area (TPSA) is 66.8 Å². The van der Waals surface area contributed by atoms with Crippen molar-refractivity contribution in [1.82, 2.24) is 4.90 Å². The Morgan fingerprint density at radius 3 is 3.10 bits per heavy atom. The van der Waals surface area contributed by atoms with Crippen LogP contribution in [0.3, 0.4) is 0 Å². The molecule has 5 nitrogen and oxygen atoms in total. The maximum absolute atomic E-state index is 12.4. The summed E-state index contributed by atoms with van der Waals surface area (Å²) in [4.78, 5) is 26.3. The fourth-order valence-electron chi connectivity index (χ4n) is 2.20. The molecule has 6 heteroatoms. The van der Waals surface area contributed by atoms with Gasteiger partial charge < -0.3 is 14.7 Å². The Balaban J connectivity index is 2.14. The van der Waals surface area contributed by atoms with Gasteiger partial charge in [-0.05, 0) is 18.9 Å². The molecule has 0 aromatic carbocycles. The Labute approximate surface area is 121 Å². The number of amides is 1. The molecule has 0 saturated carbocycles. The molecular weight excluding hydrogens is 278 g/mol. The van der Waals surface area contributed by atoms with E-state index in [4.69, 9.17) is 9.84 Å². The summed E-state index contributed by atoms with van der Waals surface area (Å²) in [5, 5.41) is 10.4. The molecule has 1 aliphatic heterocycles. The minimum atomic E-state index is -0.487. The van der Waals surface area contributed by atoms with Gasteiger partial charge in [-0.2, -0.15) is 0 Å². The molecule has 1 saturated heterocycles. The Morgan fingerprint density at radius 1 is 1.60 bits per heavy atom. The lowest BCUT2D eigenvalue weighted by atomic mass is 10.2. The molecule has 1 unspecified atom stereocenters. The standard InChI is InChI=1S/C14H15NO4S/c1-19-14(18)12-5-2-6-15(12)13(17)10-8-11(20-9-10)4-3-7-16/h8-9,12,16H,2,5-7H2,1H3. The molecular formula is C14H15NO4S. The maximum Gasteiger partial charge on any atom is 0.328 e. The fourth-order valence-corrected chi connectivity index (χ4v) is 2.95. The van der Waals surface area contributed by atoms with Gasteiger partial charge in [0.2, 0.25) is 0 Å². The monoisotopic (exact) mass is 293 g/mol. The second kappa shape index (κ2) is 6.55. The Hall–Kier alpha value is -1.84. The summed E-state index contributed by atoms with van der Waals surface area (Å²) in [6.07, 6.45) is 1.44. The number of ether oxygens (including phenoxy) is 1. The molecule has 106 valence electrons. The Kier molecular flexibility index (Phi) is 4.77. The molecule has 1 aliphatic rings. The number of methoxy groups -OCH3 is 1. The zero-order chi connectivity index (χ0) is 14.5. The van der Waals surface area contributed by atoms with Crippen LogP contribution >= 0.6 is 11.3 Å². The first kappa shape index (κ1) is 14.6. The van der Waals surface area contributed by atoms with Crippen LogP contribution in [-0.4, -0.2) is 48.2 Å². The second-order valence-electron chi connectivity index (χ2n) is 4.34. The van der Waals surface area contributed by atoms with Crippen LogP contribution < -0.4 is 0 Å². The molecule has 1 atom stereocenters. The van der Waals surface area contributed by atoms with Gasteiger partial charge in [-0.3, -0.25) is 4.79 Å². The highest BCUT2D eigenvalue weighted by Gasteiger charge is 2.35. The summed E-state index contributed by atoms with van der Waals surface area (Å²) < 4.78 is 4.73. The van der Waals surface area contributed by atoms with Crippen molar-refractivity contribution in [3.05, 3.63) is 21.9 Å². The first-order valence-corrected chi connectivity index (χ1v) is 7.12. The van der Waals surface area contributed by atoms with E-state index in [2.05, 4.69) is 11.8 Å². The van der Waals surface area contributed by atoms with Crippen LogP contribution in [0.2, 0.25) is 0 Å². The number of nitrogens with zero attached hydrogens (tertiary/aromatic N) is 1. The third-order valence-corrected chi connectivity index (χ3v) is 3.97. The van der Waals surface area contributed by atoms with Crippen molar-refractivity contribution in [2.75, 3.05) is 20.3 Å². The lowest BCUT2D eigenvalue weighted by Gasteiger charge is -2.22. The van der Waals surface area contributed by atoms with Crippen molar-refractivity contribution in [3.63, 3.8) is 0 Å². The number of esters is 1. The molecule has 0 bridgehead atoms. The molecule has 2 rings (SSSR count). The van der Waals surface area contributed by atoms with Crippen LogP contribution in [0.25, 0.3) is 0 Å². The fraction of sp³-hybridized carbons (Fsp3) is 0.429.